The molecule has 1 aromatic heterocycles. The Morgan fingerprint density at radius 3 is 3.05 bits per heavy atom. The molecule has 1 fully saturated rings. The van der Waals surface area contributed by atoms with Crippen molar-refractivity contribution in [3.63, 3.8) is 0 Å². The van der Waals surface area contributed by atoms with Crippen molar-refractivity contribution in [1.29, 1.82) is 5.26 Å². The number of aromatic nitrogens is 2. The van der Waals surface area contributed by atoms with Gasteiger partial charge in [-0.1, -0.05) is 23.4 Å². The number of nitrogens with zero attached hydrogens (tertiary/aromatic N) is 4. The van der Waals surface area contributed by atoms with Crippen molar-refractivity contribution >= 4 is 29.2 Å². The second kappa shape index (κ2) is 6.39. The van der Waals surface area contributed by atoms with Crippen LogP contribution in [0.3, 0.4) is 0 Å². The smallest absolute Gasteiger partial charge is 0.190 e. The fourth-order valence-corrected chi connectivity index (χ4v) is 2.42. The van der Waals surface area contributed by atoms with Gasteiger partial charge in [-0.2, -0.15) is 5.26 Å². The van der Waals surface area contributed by atoms with Crippen LogP contribution in [-0.4, -0.2) is 53.7 Å². The number of hydrogen-bond donors (Lipinski definition) is 1. The van der Waals surface area contributed by atoms with Gasteiger partial charge in [0.15, 0.2) is 16.1 Å². The van der Waals surface area contributed by atoms with Crippen molar-refractivity contribution in [2.45, 2.75) is 11.3 Å². The van der Waals surface area contributed by atoms with Gasteiger partial charge in [0.1, 0.15) is 11.6 Å². The van der Waals surface area contributed by atoms with Crippen molar-refractivity contribution in [2.24, 2.45) is 0 Å². The van der Waals surface area contributed by atoms with Gasteiger partial charge < -0.3 is 14.7 Å². The van der Waals surface area contributed by atoms with Gasteiger partial charge in [-0.15, -0.1) is 0 Å². The number of anilines is 1. The van der Waals surface area contributed by atoms with E-state index in [4.69, 9.17) is 16.3 Å². The summed E-state index contributed by atoms with van der Waals surface area (Å²) in [7, 11) is 0. The molecule has 1 aliphatic heterocycles. The van der Waals surface area contributed by atoms with Crippen LogP contribution in [-0.2, 0) is 4.74 Å². The largest absolute Gasteiger partial charge is 0.389 e. The first-order valence-corrected chi connectivity index (χ1v) is 7.28. The molecule has 1 N–H and O–H groups in total. The Bertz CT molecular complexity index is 508. The van der Waals surface area contributed by atoms with Crippen LogP contribution in [0.2, 0.25) is 5.15 Å². The zero-order chi connectivity index (χ0) is 13.8. The van der Waals surface area contributed by atoms with E-state index in [1.807, 2.05) is 17.2 Å². The number of hydrogen-bond acceptors (Lipinski definition) is 7. The SMILES string of the molecule is CSc1nc(Cl)c(C#N)c(N2CCOCC(O)C2)n1. The van der Waals surface area contributed by atoms with E-state index in [-0.39, 0.29) is 17.3 Å². The van der Waals surface area contributed by atoms with Crippen LogP contribution in [0.1, 0.15) is 5.56 Å². The number of halogens is 1. The van der Waals surface area contributed by atoms with Crippen LogP contribution in [0, 0.1) is 11.3 Å². The van der Waals surface area contributed by atoms with Gasteiger partial charge in [-0.3, -0.25) is 0 Å². The third-order valence-corrected chi connectivity index (χ3v) is 3.49. The van der Waals surface area contributed by atoms with Gasteiger partial charge in [0.05, 0.1) is 19.3 Å². The standard InChI is InChI=1S/C11H13ClN4O2S/c1-19-11-14-9(12)8(4-13)10(15-11)16-2-3-18-6-7(17)5-16/h7,17H,2-3,5-6H2,1H3. The van der Waals surface area contributed by atoms with Crippen molar-refractivity contribution in [3.8, 4) is 6.07 Å². The number of aliphatic hydroxyl groups excluding tert-OH is 1. The van der Waals surface area contributed by atoms with Crippen molar-refractivity contribution < 1.29 is 9.84 Å². The minimum atomic E-state index is -0.611. The van der Waals surface area contributed by atoms with Crippen LogP contribution >= 0.6 is 23.4 Å². The Morgan fingerprint density at radius 2 is 2.37 bits per heavy atom. The summed E-state index contributed by atoms with van der Waals surface area (Å²) in [6.07, 6.45) is 1.22. The molecule has 19 heavy (non-hydrogen) atoms. The van der Waals surface area contributed by atoms with Gasteiger partial charge in [0.25, 0.3) is 0 Å². The highest BCUT2D eigenvalue weighted by Gasteiger charge is 2.23. The summed E-state index contributed by atoms with van der Waals surface area (Å²) in [4.78, 5) is 10.2. The van der Waals surface area contributed by atoms with Gasteiger partial charge in [-0.05, 0) is 6.26 Å². The maximum atomic E-state index is 9.75. The van der Waals surface area contributed by atoms with Gasteiger partial charge >= 0.3 is 0 Å². The van der Waals surface area contributed by atoms with Crippen LogP contribution < -0.4 is 4.90 Å². The minimum Gasteiger partial charge on any atom is -0.389 e. The van der Waals surface area contributed by atoms with E-state index in [2.05, 4.69) is 9.97 Å². The Labute approximate surface area is 120 Å². The number of rotatable bonds is 2. The molecule has 0 bridgehead atoms. The van der Waals surface area contributed by atoms with E-state index in [1.54, 1.807) is 0 Å². The lowest BCUT2D eigenvalue weighted by Gasteiger charge is -2.23. The summed E-state index contributed by atoms with van der Waals surface area (Å²) < 4.78 is 5.26. The molecule has 2 heterocycles. The molecule has 2 rings (SSSR count). The normalized spacial score (nSPS) is 19.9. The third kappa shape index (κ3) is 3.28. The van der Waals surface area contributed by atoms with Crippen LogP contribution in [0.25, 0.3) is 0 Å². The van der Waals surface area contributed by atoms with E-state index < -0.39 is 6.10 Å². The molecule has 1 atom stereocenters. The van der Waals surface area contributed by atoms with Gasteiger partial charge in [0.2, 0.25) is 0 Å². The molecule has 1 unspecified atom stereocenters. The lowest BCUT2D eigenvalue weighted by atomic mass is 10.3. The molecular formula is C11H13ClN4O2S. The second-order valence-corrected chi connectivity index (χ2v) is 5.12. The zero-order valence-corrected chi connectivity index (χ0v) is 11.9. The van der Waals surface area contributed by atoms with Gasteiger partial charge in [-0.25, -0.2) is 9.97 Å². The monoisotopic (exact) mass is 300 g/mol. The van der Waals surface area contributed by atoms with E-state index in [1.165, 1.54) is 11.8 Å². The molecule has 0 saturated carbocycles. The lowest BCUT2D eigenvalue weighted by Crippen LogP contribution is -2.34. The highest BCUT2D eigenvalue weighted by atomic mass is 35.5. The molecule has 0 spiro atoms. The number of nitriles is 1. The molecule has 8 heteroatoms. The Balaban J connectivity index is 2.41. The highest BCUT2D eigenvalue weighted by Crippen LogP contribution is 2.27. The molecular weight excluding hydrogens is 288 g/mol. The summed E-state index contributed by atoms with van der Waals surface area (Å²) in [6.45, 7) is 1.66. The summed E-state index contributed by atoms with van der Waals surface area (Å²) >= 11 is 7.35. The average Bonchev–Trinajstić information content (AvgIpc) is 2.62. The highest BCUT2D eigenvalue weighted by molar-refractivity contribution is 7.98. The zero-order valence-electron chi connectivity index (χ0n) is 10.3. The minimum absolute atomic E-state index is 0.136. The number of ether oxygens (including phenoxy) is 1. The molecule has 102 valence electrons. The van der Waals surface area contributed by atoms with Crippen LogP contribution in [0.5, 0.6) is 0 Å². The number of aliphatic hydroxyl groups is 1. The molecule has 1 aromatic rings. The fourth-order valence-electron chi connectivity index (χ4n) is 1.80. The van der Waals surface area contributed by atoms with E-state index in [9.17, 15) is 10.4 Å². The van der Waals surface area contributed by atoms with Crippen molar-refractivity contribution in [3.05, 3.63) is 10.7 Å². The van der Waals surface area contributed by atoms with E-state index >= 15 is 0 Å². The molecule has 0 aromatic carbocycles. The first-order chi connectivity index (χ1) is 9.15. The number of thioether (sulfide) groups is 1. The molecule has 6 nitrogen and oxygen atoms in total. The van der Waals surface area contributed by atoms with Crippen LogP contribution in [0.15, 0.2) is 5.16 Å². The maximum absolute atomic E-state index is 9.75. The summed E-state index contributed by atoms with van der Waals surface area (Å²) in [5, 5.41) is 19.6. The van der Waals surface area contributed by atoms with Crippen molar-refractivity contribution in [1.82, 2.24) is 9.97 Å². The Kier molecular flexibility index (Phi) is 4.82. The predicted octanol–water partition coefficient (Wildman–Crippen LogP) is 0.921. The molecule has 0 amide bonds. The molecule has 1 aliphatic rings. The summed E-state index contributed by atoms with van der Waals surface area (Å²) in [5.41, 5.74) is 0.230. The summed E-state index contributed by atoms with van der Waals surface area (Å²) in [6, 6.07) is 2.02. The predicted molar refractivity (Wildman–Crippen MR) is 72.6 cm³/mol. The lowest BCUT2D eigenvalue weighted by molar-refractivity contribution is 0.0597. The molecule has 0 aliphatic carbocycles. The Morgan fingerprint density at radius 1 is 1.58 bits per heavy atom. The second-order valence-electron chi connectivity index (χ2n) is 3.99. The Hall–Kier alpha value is -1.07. The average molecular weight is 301 g/mol. The third-order valence-electron chi connectivity index (χ3n) is 2.67. The quantitative estimate of drug-likeness (QED) is 0.494. The van der Waals surface area contributed by atoms with E-state index in [0.717, 1.165) is 0 Å². The topological polar surface area (TPSA) is 82.3 Å². The van der Waals surface area contributed by atoms with E-state index in [0.29, 0.717) is 30.7 Å². The summed E-state index contributed by atoms with van der Waals surface area (Å²) in [5.74, 6) is 0.455. The number of β-amino-alcohol motifs (C(OH)–C–C–N with tert-alkyl or cyclic N) is 1. The molecule has 0 radical (unpaired) electrons. The van der Waals surface area contributed by atoms with Crippen molar-refractivity contribution in [2.75, 3.05) is 37.5 Å². The van der Waals surface area contributed by atoms with Gasteiger partial charge in [0, 0.05) is 13.1 Å². The first-order valence-electron chi connectivity index (χ1n) is 5.68. The van der Waals surface area contributed by atoms with Crippen LogP contribution in [0.4, 0.5) is 5.82 Å². The fraction of sp³-hybridized carbons (Fsp3) is 0.545. The first kappa shape index (κ1) is 14.3. The molecule has 1 saturated heterocycles. The maximum Gasteiger partial charge on any atom is 0.190 e.